The van der Waals surface area contributed by atoms with Gasteiger partial charge in [-0.2, -0.15) is 4.31 Å². The molecule has 2 aliphatic heterocycles. The molecule has 2 N–H and O–H groups in total. The van der Waals surface area contributed by atoms with E-state index in [2.05, 4.69) is 15.0 Å². The number of ether oxygens (including phenoxy) is 2. The zero-order chi connectivity index (χ0) is 27.5. The number of aromatic nitrogens is 1. The Morgan fingerprint density at radius 1 is 1.05 bits per heavy atom. The zero-order valence-corrected chi connectivity index (χ0v) is 23.5. The lowest BCUT2D eigenvalue weighted by atomic mass is 9.88. The lowest BCUT2D eigenvalue weighted by Crippen LogP contribution is -2.46. The first-order valence-corrected chi connectivity index (χ1v) is 16.0. The zero-order valence-electron chi connectivity index (χ0n) is 21.9. The Labute approximate surface area is 229 Å². The van der Waals surface area contributed by atoms with Gasteiger partial charge in [-0.3, -0.25) is 4.98 Å². The molecule has 0 amide bonds. The van der Waals surface area contributed by atoms with Crippen LogP contribution in [0, 0.1) is 0 Å². The summed E-state index contributed by atoms with van der Waals surface area (Å²) in [5.74, 6) is 0.510. The smallest absolute Gasteiger partial charge is 0.244 e. The van der Waals surface area contributed by atoms with Gasteiger partial charge in [-0.15, -0.1) is 0 Å². The lowest BCUT2D eigenvalue weighted by Gasteiger charge is -2.38. The number of piperidine rings is 1. The second-order valence-electron chi connectivity index (χ2n) is 10.0. The normalized spacial score (nSPS) is 20.0. The molecular formula is C27H34N4O6S2. The standard InChI is InChI=1S/C27H34N4O6S2/c1-28-38(32,33)24-8-4-7-23(17-24)36-15-5-12-29-22-18-27(37-20-22)10-13-31(14-11-27)39(34,35)25-16-21-6-2-3-9-26(21)30-19-25/h2-4,6-9,16-17,19,22,28-29H,5,10-15,18,20H2,1H3/t22-/m1/s1. The van der Waals surface area contributed by atoms with Crippen LogP contribution < -0.4 is 14.8 Å². The van der Waals surface area contributed by atoms with Crippen molar-refractivity contribution in [1.29, 1.82) is 0 Å². The molecule has 1 spiro atoms. The fourth-order valence-corrected chi connectivity index (χ4v) is 7.40. The van der Waals surface area contributed by atoms with Crippen LogP contribution in [0.15, 0.2) is 70.6 Å². The molecule has 210 valence electrons. The molecule has 2 fully saturated rings. The maximum Gasteiger partial charge on any atom is 0.244 e. The van der Waals surface area contributed by atoms with Gasteiger partial charge in [-0.05, 0) is 63.5 Å². The Morgan fingerprint density at radius 3 is 2.64 bits per heavy atom. The van der Waals surface area contributed by atoms with Crippen molar-refractivity contribution < 1.29 is 26.3 Å². The van der Waals surface area contributed by atoms with E-state index in [0.29, 0.717) is 44.9 Å². The van der Waals surface area contributed by atoms with Gasteiger partial charge in [0.1, 0.15) is 10.6 Å². The summed E-state index contributed by atoms with van der Waals surface area (Å²) in [6.07, 6.45) is 4.33. The monoisotopic (exact) mass is 574 g/mol. The molecule has 1 aromatic heterocycles. The second-order valence-corrected chi connectivity index (χ2v) is 13.8. The highest BCUT2D eigenvalue weighted by Gasteiger charge is 2.44. The van der Waals surface area contributed by atoms with E-state index in [9.17, 15) is 16.8 Å². The highest BCUT2D eigenvalue weighted by molar-refractivity contribution is 7.89. The van der Waals surface area contributed by atoms with Crippen molar-refractivity contribution in [3.63, 3.8) is 0 Å². The summed E-state index contributed by atoms with van der Waals surface area (Å²) in [6.45, 7) is 2.60. The van der Waals surface area contributed by atoms with E-state index in [4.69, 9.17) is 9.47 Å². The van der Waals surface area contributed by atoms with Crippen molar-refractivity contribution in [3.05, 3.63) is 60.8 Å². The number of sulfonamides is 2. The van der Waals surface area contributed by atoms with Gasteiger partial charge in [-0.25, -0.2) is 21.6 Å². The maximum atomic E-state index is 13.3. The van der Waals surface area contributed by atoms with Crippen molar-refractivity contribution in [3.8, 4) is 5.75 Å². The van der Waals surface area contributed by atoms with Crippen LogP contribution in [0.1, 0.15) is 25.7 Å². The van der Waals surface area contributed by atoms with E-state index in [0.717, 1.165) is 30.3 Å². The van der Waals surface area contributed by atoms with Crippen LogP contribution in [0.2, 0.25) is 0 Å². The first-order chi connectivity index (χ1) is 18.7. The predicted octanol–water partition coefficient (Wildman–Crippen LogP) is 2.51. The number of para-hydroxylation sites is 1. The van der Waals surface area contributed by atoms with Gasteiger partial charge in [0.15, 0.2) is 0 Å². The summed E-state index contributed by atoms with van der Waals surface area (Å²) < 4.78 is 66.2. The van der Waals surface area contributed by atoms with Gasteiger partial charge in [0, 0.05) is 36.8 Å². The van der Waals surface area contributed by atoms with Gasteiger partial charge >= 0.3 is 0 Å². The van der Waals surface area contributed by atoms with E-state index in [-0.39, 0.29) is 21.4 Å². The van der Waals surface area contributed by atoms with E-state index in [1.54, 1.807) is 22.5 Å². The van der Waals surface area contributed by atoms with Crippen molar-refractivity contribution in [2.75, 3.05) is 39.9 Å². The van der Waals surface area contributed by atoms with E-state index < -0.39 is 20.0 Å². The minimum atomic E-state index is -3.62. The largest absolute Gasteiger partial charge is 0.494 e. The molecule has 39 heavy (non-hydrogen) atoms. The number of nitrogens with zero attached hydrogens (tertiary/aromatic N) is 2. The van der Waals surface area contributed by atoms with Crippen LogP contribution in [0.5, 0.6) is 5.75 Å². The van der Waals surface area contributed by atoms with Crippen LogP contribution in [0.3, 0.4) is 0 Å². The highest BCUT2D eigenvalue weighted by Crippen LogP contribution is 2.37. The van der Waals surface area contributed by atoms with Gasteiger partial charge in [0.05, 0.1) is 29.2 Å². The molecule has 1 atom stereocenters. The van der Waals surface area contributed by atoms with E-state index >= 15 is 0 Å². The Morgan fingerprint density at radius 2 is 1.85 bits per heavy atom. The number of benzene rings is 2. The van der Waals surface area contributed by atoms with Gasteiger partial charge < -0.3 is 14.8 Å². The summed E-state index contributed by atoms with van der Waals surface area (Å²) >= 11 is 0. The molecule has 2 aromatic carbocycles. The minimum Gasteiger partial charge on any atom is -0.494 e. The van der Waals surface area contributed by atoms with E-state index in [1.165, 1.54) is 25.4 Å². The average Bonchev–Trinajstić information content (AvgIpc) is 3.34. The first-order valence-electron chi connectivity index (χ1n) is 13.1. The van der Waals surface area contributed by atoms with E-state index in [1.807, 2.05) is 24.3 Å². The van der Waals surface area contributed by atoms with Gasteiger partial charge in [-0.1, -0.05) is 24.3 Å². The second kappa shape index (κ2) is 11.5. The Balaban J connectivity index is 1.07. The number of hydrogen-bond donors (Lipinski definition) is 2. The van der Waals surface area contributed by atoms with Crippen LogP contribution in [-0.4, -0.2) is 77.7 Å². The number of rotatable bonds is 10. The van der Waals surface area contributed by atoms with Crippen molar-refractivity contribution in [2.45, 2.75) is 47.1 Å². The van der Waals surface area contributed by atoms with Crippen LogP contribution in [0.25, 0.3) is 10.9 Å². The molecule has 5 rings (SSSR count). The van der Waals surface area contributed by atoms with Crippen LogP contribution in [0.4, 0.5) is 0 Å². The third-order valence-corrected chi connectivity index (χ3v) is 10.7. The van der Waals surface area contributed by atoms with Crippen molar-refractivity contribution >= 4 is 30.9 Å². The summed E-state index contributed by atoms with van der Waals surface area (Å²) in [5, 5.41) is 4.32. The summed E-state index contributed by atoms with van der Waals surface area (Å²) in [5.41, 5.74) is 0.467. The molecule has 0 bridgehead atoms. The molecule has 12 heteroatoms. The molecule has 3 heterocycles. The molecule has 10 nitrogen and oxygen atoms in total. The summed E-state index contributed by atoms with van der Waals surface area (Å²) in [6, 6.07) is 15.8. The minimum absolute atomic E-state index is 0.168. The quantitative estimate of drug-likeness (QED) is 0.354. The molecule has 3 aromatic rings. The number of pyridine rings is 1. The number of hydrogen-bond acceptors (Lipinski definition) is 8. The lowest BCUT2D eigenvalue weighted by molar-refractivity contribution is -0.0311. The third-order valence-electron chi connectivity index (χ3n) is 7.45. The summed E-state index contributed by atoms with van der Waals surface area (Å²) in [4.78, 5) is 4.72. The van der Waals surface area contributed by atoms with Gasteiger partial charge in [0.25, 0.3) is 0 Å². The number of fused-ring (bicyclic) bond motifs is 1. The molecule has 2 aliphatic rings. The Kier molecular flexibility index (Phi) is 8.22. The predicted molar refractivity (Wildman–Crippen MR) is 148 cm³/mol. The molecule has 0 radical (unpaired) electrons. The fourth-order valence-electron chi connectivity index (χ4n) is 5.22. The topological polar surface area (TPSA) is 127 Å². The van der Waals surface area contributed by atoms with Crippen molar-refractivity contribution in [2.24, 2.45) is 0 Å². The average molecular weight is 575 g/mol. The Hall–Kier alpha value is -2.61. The Bertz CT molecular complexity index is 1520. The highest BCUT2D eigenvalue weighted by atomic mass is 32.2. The van der Waals surface area contributed by atoms with Crippen LogP contribution in [-0.2, 0) is 24.8 Å². The molecule has 0 unspecified atom stereocenters. The fraction of sp³-hybridized carbons (Fsp3) is 0.444. The van der Waals surface area contributed by atoms with Crippen molar-refractivity contribution in [1.82, 2.24) is 19.3 Å². The van der Waals surface area contributed by atoms with Gasteiger partial charge in [0.2, 0.25) is 20.0 Å². The van der Waals surface area contributed by atoms with Crippen LogP contribution >= 0.6 is 0 Å². The number of nitrogens with one attached hydrogen (secondary N) is 2. The first kappa shape index (κ1) is 27.9. The maximum absolute atomic E-state index is 13.3. The SMILES string of the molecule is CNS(=O)(=O)c1cccc(OCCCN[C@H]2COC3(CCN(S(=O)(=O)c4cnc5ccccc5c4)CC3)C2)c1. The third kappa shape index (κ3) is 6.26. The molecule has 2 saturated heterocycles. The summed E-state index contributed by atoms with van der Waals surface area (Å²) in [7, 11) is -5.76. The molecule has 0 aliphatic carbocycles. The molecule has 0 saturated carbocycles. The molecular weight excluding hydrogens is 540 g/mol.